The van der Waals surface area contributed by atoms with Crippen LogP contribution in [0.1, 0.15) is 67.7 Å². The Balaban J connectivity index is 1.70. The van der Waals surface area contributed by atoms with Crippen molar-refractivity contribution in [3.63, 3.8) is 0 Å². The van der Waals surface area contributed by atoms with Gasteiger partial charge in [0.15, 0.2) is 9.84 Å². The van der Waals surface area contributed by atoms with Gasteiger partial charge in [-0.15, -0.1) is 0 Å². The summed E-state index contributed by atoms with van der Waals surface area (Å²) < 4.78 is 125. The first-order chi connectivity index (χ1) is 22.1. The van der Waals surface area contributed by atoms with Crippen molar-refractivity contribution in [2.75, 3.05) is 6.54 Å². The highest BCUT2D eigenvalue weighted by Gasteiger charge is 2.75. The van der Waals surface area contributed by atoms with Crippen LogP contribution < -0.4 is 0 Å². The summed E-state index contributed by atoms with van der Waals surface area (Å²) in [6.45, 7) is 5.44. The maximum Gasteiger partial charge on any atom is 0.436 e. The highest BCUT2D eigenvalue weighted by atomic mass is 79.9. The van der Waals surface area contributed by atoms with E-state index in [0.29, 0.717) is 11.1 Å². The van der Waals surface area contributed by atoms with Crippen molar-refractivity contribution in [3.8, 4) is 0 Å². The molecule has 1 aliphatic heterocycles. The van der Waals surface area contributed by atoms with Gasteiger partial charge in [-0.1, -0.05) is 56.1 Å². The molecule has 262 valence electrons. The molecule has 0 aromatic heterocycles. The molecule has 2 fully saturated rings. The molecule has 1 heterocycles. The molecule has 2 atom stereocenters. The zero-order chi connectivity index (χ0) is 35.8. The van der Waals surface area contributed by atoms with E-state index < -0.39 is 76.9 Å². The lowest BCUT2D eigenvalue weighted by molar-refractivity contribution is -0.349. The van der Waals surface area contributed by atoms with E-state index in [4.69, 9.17) is 0 Å². The Bertz CT molecular complexity index is 1760. The number of carbonyl (C=O) groups excluding carboxylic acids is 1. The molecule has 0 radical (unpaired) electrons. The van der Waals surface area contributed by atoms with E-state index in [1.54, 1.807) is 6.92 Å². The number of halogens is 9. The molecule has 1 amide bonds. The number of rotatable bonds is 6. The standard InChI is InChI=1S/C32H30Br2F7NO5S/c1-16(2)17-7-9-20(10-8-17)48(46,47)29-13-14-42(27(43)18-3-5-19(6-4-18)28(44)45)24(29)12-11-21-22(29)15-23(33)25(26(21)34)30(35,31(36,37)38)32(39,40)41/h7-10,15,18-19,24H,1,3-6,11-14H2,2H3,(H,44,45)/t18?,19?,24-,29-/m1/s1. The van der Waals surface area contributed by atoms with Crippen LogP contribution in [0.3, 0.4) is 0 Å². The number of carbonyl (C=O) groups is 2. The Morgan fingerprint density at radius 1 is 0.938 bits per heavy atom. The molecule has 0 unspecified atom stereocenters. The number of benzene rings is 2. The number of carboxylic acid groups (broad SMARTS) is 1. The summed E-state index contributed by atoms with van der Waals surface area (Å²) in [5.74, 6) is -2.58. The zero-order valence-corrected chi connectivity index (χ0v) is 29.3. The fraction of sp³-hybridized carbons (Fsp3) is 0.500. The topological polar surface area (TPSA) is 91.8 Å². The van der Waals surface area contributed by atoms with E-state index in [9.17, 15) is 49.5 Å². The lowest BCUT2D eigenvalue weighted by Gasteiger charge is -2.44. The van der Waals surface area contributed by atoms with Crippen LogP contribution in [-0.4, -0.2) is 55.2 Å². The van der Waals surface area contributed by atoms with Crippen LogP contribution in [0.15, 0.2) is 50.8 Å². The molecule has 1 saturated heterocycles. The maximum absolute atomic E-state index is 15.5. The predicted octanol–water partition coefficient (Wildman–Crippen LogP) is 8.64. The molecule has 2 aliphatic carbocycles. The van der Waals surface area contributed by atoms with Crippen LogP contribution in [0.5, 0.6) is 0 Å². The zero-order valence-electron chi connectivity index (χ0n) is 25.3. The highest BCUT2D eigenvalue weighted by molar-refractivity contribution is 9.11. The first-order valence-corrected chi connectivity index (χ1v) is 18.1. The number of likely N-dealkylation sites (tertiary alicyclic amines) is 1. The van der Waals surface area contributed by atoms with Crippen molar-refractivity contribution >= 4 is 59.1 Å². The average Bonchev–Trinajstić information content (AvgIpc) is 3.41. The number of nitrogens with zero attached hydrogens (tertiary/aromatic N) is 1. The van der Waals surface area contributed by atoms with Gasteiger partial charge in [0.2, 0.25) is 5.91 Å². The molecule has 2 aromatic rings. The van der Waals surface area contributed by atoms with Crippen LogP contribution in [0.2, 0.25) is 0 Å². The monoisotopic (exact) mass is 831 g/mol. The lowest BCUT2D eigenvalue weighted by Crippen LogP contribution is -2.54. The van der Waals surface area contributed by atoms with Crippen molar-refractivity contribution in [3.05, 3.63) is 68.1 Å². The van der Waals surface area contributed by atoms with Gasteiger partial charge in [-0.25, -0.2) is 12.8 Å². The van der Waals surface area contributed by atoms with E-state index >= 15 is 4.39 Å². The molecule has 0 spiro atoms. The van der Waals surface area contributed by atoms with Crippen LogP contribution in [0.4, 0.5) is 30.7 Å². The molecule has 5 rings (SSSR count). The second-order valence-corrected chi connectivity index (χ2v) is 16.5. The minimum Gasteiger partial charge on any atom is -0.481 e. The third kappa shape index (κ3) is 5.51. The Kier molecular flexibility index (Phi) is 9.50. The number of amides is 1. The lowest BCUT2D eigenvalue weighted by atomic mass is 9.76. The summed E-state index contributed by atoms with van der Waals surface area (Å²) in [4.78, 5) is 26.7. The van der Waals surface area contributed by atoms with Crippen molar-refractivity contribution in [2.45, 2.75) is 85.6 Å². The number of allylic oxidation sites excluding steroid dienone is 1. The van der Waals surface area contributed by atoms with E-state index in [1.807, 2.05) is 0 Å². The van der Waals surface area contributed by atoms with Gasteiger partial charge in [-0.3, -0.25) is 9.59 Å². The van der Waals surface area contributed by atoms with E-state index in [0.717, 1.165) is 6.07 Å². The Labute approximate surface area is 288 Å². The number of carboxylic acids is 1. The first kappa shape index (κ1) is 36.8. The van der Waals surface area contributed by atoms with Crippen molar-refractivity contribution in [1.82, 2.24) is 4.90 Å². The fourth-order valence-electron chi connectivity index (χ4n) is 7.56. The van der Waals surface area contributed by atoms with Gasteiger partial charge in [0.25, 0.3) is 0 Å². The second kappa shape index (κ2) is 12.4. The molecule has 1 N–H and O–H groups in total. The first-order valence-electron chi connectivity index (χ1n) is 15.0. The van der Waals surface area contributed by atoms with Gasteiger partial charge in [-0.2, -0.15) is 26.3 Å². The number of hydrogen-bond donors (Lipinski definition) is 1. The minimum absolute atomic E-state index is 0.0972. The third-order valence-electron chi connectivity index (χ3n) is 10.1. The van der Waals surface area contributed by atoms with Gasteiger partial charge < -0.3 is 10.0 Å². The second-order valence-electron chi connectivity index (χ2n) is 12.6. The molecule has 0 bridgehead atoms. The minimum atomic E-state index is -6.42. The van der Waals surface area contributed by atoms with E-state index in [2.05, 4.69) is 38.4 Å². The highest BCUT2D eigenvalue weighted by Crippen LogP contribution is 2.61. The Hall–Kier alpha value is -2.46. The van der Waals surface area contributed by atoms with Crippen LogP contribution >= 0.6 is 31.9 Å². The third-order valence-corrected chi connectivity index (χ3v) is 14.1. The largest absolute Gasteiger partial charge is 0.481 e. The molecule has 6 nitrogen and oxygen atoms in total. The van der Waals surface area contributed by atoms with Crippen molar-refractivity contribution in [1.29, 1.82) is 0 Å². The molecule has 2 aromatic carbocycles. The summed E-state index contributed by atoms with van der Waals surface area (Å²) in [6.07, 6.45) is -12.5. The summed E-state index contributed by atoms with van der Waals surface area (Å²) in [6, 6.07) is 5.43. The van der Waals surface area contributed by atoms with E-state index in [-0.39, 0.29) is 67.5 Å². The number of sulfone groups is 1. The van der Waals surface area contributed by atoms with Gasteiger partial charge in [0.1, 0.15) is 4.75 Å². The number of fused-ring (bicyclic) bond motifs is 3. The Morgan fingerprint density at radius 3 is 1.98 bits per heavy atom. The molecule has 1 saturated carbocycles. The molecule has 3 aliphatic rings. The van der Waals surface area contributed by atoms with Gasteiger partial charge in [0.05, 0.1) is 16.9 Å². The molecule has 16 heteroatoms. The van der Waals surface area contributed by atoms with Crippen molar-refractivity contribution < 1.29 is 53.8 Å². The molecule has 48 heavy (non-hydrogen) atoms. The summed E-state index contributed by atoms with van der Waals surface area (Å²) in [5, 5.41) is 9.38. The number of alkyl halides is 7. The summed E-state index contributed by atoms with van der Waals surface area (Å²) >= 11 is 5.57. The van der Waals surface area contributed by atoms with Gasteiger partial charge >= 0.3 is 24.0 Å². The normalized spacial score (nSPS) is 25.0. The molecular formula is C32H30Br2F7NO5S. The SMILES string of the molecule is C=C(C)c1ccc(S(=O)(=O)[C@@]23CCN(C(=O)C4CCC(C(=O)O)CC4)[C@@H]2CCc2c3cc(Br)c(C(F)(C(F)(F)F)C(F)(F)F)c2Br)cc1. The van der Waals surface area contributed by atoms with Crippen LogP contribution in [-0.2, 0) is 36.3 Å². The van der Waals surface area contributed by atoms with Gasteiger partial charge in [-0.05, 0) is 86.8 Å². The van der Waals surface area contributed by atoms with Crippen LogP contribution in [0, 0.1) is 11.8 Å². The van der Waals surface area contributed by atoms with Crippen molar-refractivity contribution in [2.24, 2.45) is 11.8 Å². The average molecular weight is 833 g/mol. The maximum atomic E-state index is 15.5. The van der Waals surface area contributed by atoms with Crippen LogP contribution in [0.25, 0.3) is 5.57 Å². The number of aliphatic carboxylic acids is 1. The summed E-state index contributed by atoms with van der Waals surface area (Å²) in [7, 11) is -4.55. The van der Waals surface area contributed by atoms with E-state index in [1.165, 1.54) is 29.2 Å². The quantitative estimate of drug-likeness (QED) is 0.295. The molecular weight excluding hydrogens is 803 g/mol. The number of hydrogen-bond acceptors (Lipinski definition) is 4. The van der Waals surface area contributed by atoms with Gasteiger partial charge in [0, 0.05) is 27.0 Å². The Morgan fingerprint density at radius 2 is 1.48 bits per heavy atom. The predicted molar refractivity (Wildman–Crippen MR) is 168 cm³/mol. The fourth-order valence-corrected chi connectivity index (χ4v) is 11.8. The smallest absolute Gasteiger partial charge is 0.436 e. The summed E-state index contributed by atoms with van der Waals surface area (Å²) in [5.41, 5.74) is -6.70.